The van der Waals surface area contributed by atoms with Crippen molar-refractivity contribution in [3.63, 3.8) is 0 Å². The van der Waals surface area contributed by atoms with Crippen LogP contribution in [0.3, 0.4) is 0 Å². The molecule has 5 aliphatic rings. The maximum absolute atomic E-state index is 14.4. The molecule has 19 nitrogen and oxygen atoms in total. The number of carbonyl (C=O) groups is 3. The summed E-state index contributed by atoms with van der Waals surface area (Å²) in [7, 11) is 3.85. The predicted molar refractivity (Wildman–Crippen MR) is 338 cm³/mol. The highest BCUT2D eigenvalue weighted by molar-refractivity contribution is 7.10. The standard InChI is InChI=1S/C67H83N11O8S/c1-5-61(79)77-32-31-76(40-48(77)26-28-68)63-55-27-30-75(58-22-13-18-46-15-9-10-19-51(46)58)42-56(55)71-67(73-63)86-43-49-39-50(41-74(49)4)84-37-35-82-33-34-83-36-38-85-60-25-24-53(52-20-11-12-21-54(52)60)57-44-87-65(70-57)59-23-14-29-78(59)66(81)62(47-16-7-6-8-17-47)72-64(80)45(2)69-3/h5,9-13,15,18-22,24-25,44-45,47-50,59,62,69H,1,6-8,14,16-17,23,26-27,29-43H2,2-4H3,(H,72,80)/t45?,48?,49-,50+,59?,62-/m0/s1. The molecular formula is C67H83N11O8S. The van der Waals surface area contributed by atoms with Crippen LogP contribution in [-0.4, -0.2) is 177 Å². The number of likely N-dealkylation sites (tertiary alicyclic amines) is 2. The fraction of sp³-hybridized carbons (Fsp3) is 0.507. The summed E-state index contributed by atoms with van der Waals surface area (Å²) in [5.41, 5.74) is 5.04. The summed E-state index contributed by atoms with van der Waals surface area (Å²) in [6.45, 7) is 12.8. The molecule has 3 saturated heterocycles. The van der Waals surface area contributed by atoms with E-state index >= 15 is 0 Å². The Labute approximate surface area is 514 Å². The van der Waals surface area contributed by atoms with Crippen LogP contribution in [0.2, 0.25) is 0 Å². The van der Waals surface area contributed by atoms with E-state index in [0.29, 0.717) is 85.0 Å². The number of rotatable bonds is 25. The van der Waals surface area contributed by atoms with E-state index in [1.54, 1.807) is 23.3 Å². The highest BCUT2D eigenvalue weighted by atomic mass is 32.1. The van der Waals surface area contributed by atoms with Gasteiger partial charge >= 0.3 is 6.01 Å². The molecule has 4 aliphatic heterocycles. The van der Waals surface area contributed by atoms with Crippen molar-refractivity contribution in [3.05, 3.63) is 113 Å². The van der Waals surface area contributed by atoms with Gasteiger partial charge in [-0.05, 0) is 101 Å². The molecule has 6 heterocycles. The molecule has 3 unspecified atom stereocenters. The van der Waals surface area contributed by atoms with Crippen LogP contribution in [0.15, 0.2) is 96.9 Å². The topological polar surface area (TPSA) is 200 Å². The van der Waals surface area contributed by atoms with Gasteiger partial charge in [0.05, 0.1) is 87.7 Å². The molecule has 6 atom stereocenters. The second-order valence-corrected chi connectivity index (χ2v) is 24.5. The number of amides is 3. The van der Waals surface area contributed by atoms with Gasteiger partial charge in [0, 0.05) is 78.3 Å². The highest BCUT2D eigenvalue weighted by Crippen LogP contribution is 2.41. The Hall–Kier alpha value is -7.25. The first-order valence-electron chi connectivity index (χ1n) is 31.2. The van der Waals surface area contributed by atoms with Crippen LogP contribution < -0.4 is 29.9 Å². The summed E-state index contributed by atoms with van der Waals surface area (Å²) in [5, 5.41) is 23.3. The van der Waals surface area contributed by atoms with E-state index in [9.17, 15) is 19.6 Å². The van der Waals surface area contributed by atoms with Gasteiger partial charge in [-0.15, -0.1) is 11.3 Å². The fourth-order valence-corrected chi connectivity index (χ4v) is 14.3. The van der Waals surface area contributed by atoms with Crippen molar-refractivity contribution in [1.82, 2.24) is 40.3 Å². The van der Waals surface area contributed by atoms with E-state index < -0.39 is 6.04 Å². The van der Waals surface area contributed by atoms with E-state index in [1.165, 1.54) is 23.3 Å². The van der Waals surface area contributed by atoms with Gasteiger partial charge < -0.3 is 53.9 Å². The minimum Gasteiger partial charge on any atom is -0.491 e. The molecule has 4 fully saturated rings. The van der Waals surface area contributed by atoms with Gasteiger partial charge in [-0.1, -0.05) is 86.5 Å². The Morgan fingerprint density at radius 2 is 1.56 bits per heavy atom. The van der Waals surface area contributed by atoms with Crippen molar-refractivity contribution in [3.8, 4) is 29.1 Å². The van der Waals surface area contributed by atoms with Gasteiger partial charge in [0.25, 0.3) is 0 Å². The SMILES string of the molecule is C=CC(=O)N1CCN(c2nc(OC[C@@H]3C[C@@H](OCCOCCOCCOc4ccc(-c5csc(C6CCCN6C(=O)[C@@H](NC(=O)C(C)NC)C6CCCCC6)n5)c5ccccc45)CN3C)nc3c2CCN(c2cccc4ccccc24)C3)CC1CC#N. The molecule has 20 heteroatoms. The van der Waals surface area contributed by atoms with E-state index in [2.05, 4.69) is 111 Å². The molecule has 87 heavy (non-hydrogen) atoms. The maximum Gasteiger partial charge on any atom is 0.318 e. The largest absolute Gasteiger partial charge is 0.491 e. The molecule has 3 amide bonds. The van der Waals surface area contributed by atoms with Crippen LogP contribution in [-0.2, 0) is 41.6 Å². The fourth-order valence-electron chi connectivity index (χ4n) is 13.4. The number of fused-ring (bicyclic) bond motifs is 3. The molecule has 1 saturated carbocycles. The minimum absolute atomic E-state index is 0.0132. The molecule has 0 spiro atoms. The molecular weight excluding hydrogens is 1120 g/mol. The van der Waals surface area contributed by atoms with E-state index in [1.807, 2.05) is 30.0 Å². The summed E-state index contributed by atoms with van der Waals surface area (Å²) < 4.78 is 31.0. The van der Waals surface area contributed by atoms with Crippen LogP contribution in [0.5, 0.6) is 11.8 Å². The molecule has 2 aromatic heterocycles. The van der Waals surface area contributed by atoms with Crippen molar-refractivity contribution in [2.24, 2.45) is 5.92 Å². The summed E-state index contributed by atoms with van der Waals surface area (Å²) in [5.74, 6) is 1.42. The zero-order chi connectivity index (χ0) is 60.2. The first-order valence-corrected chi connectivity index (χ1v) is 32.1. The average molecular weight is 1200 g/mol. The van der Waals surface area contributed by atoms with Crippen molar-refractivity contribution in [1.29, 1.82) is 5.26 Å². The summed E-state index contributed by atoms with van der Waals surface area (Å²) in [6, 6.07) is 28.5. The number of benzene rings is 4. The number of anilines is 2. The smallest absolute Gasteiger partial charge is 0.318 e. The lowest BCUT2D eigenvalue weighted by Gasteiger charge is -2.42. The number of nitrogens with one attached hydrogen (secondary N) is 2. The molecule has 6 aromatic rings. The normalized spacial score (nSPS) is 20.8. The van der Waals surface area contributed by atoms with Crippen LogP contribution in [0.25, 0.3) is 32.8 Å². The average Bonchev–Trinajstić information content (AvgIpc) is 1.98. The second-order valence-electron chi connectivity index (χ2n) is 23.6. The number of piperazine rings is 1. The molecule has 4 aromatic carbocycles. The number of hydrogen-bond donors (Lipinski definition) is 2. The quantitative estimate of drug-likeness (QED) is 0.0408. The lowest BCUT2D eigenvalue weighted by atomic mass is 9.83. The number of thiazole rings is 1. The summed E-state index contributed by atoms with van der Waals surface area (Å²) >= 11 is 1.60. The molecule has 460 valence electrons. The van der Waals surface area contributed by atoms with Gasteiger partial charge in [-0.3, -0.25) is 19.3 Å². The third kappa shape index (κ3) is 14.4. The second kappa shape index (κ2) is 29.2. The van der Waals surface area contributed by atoms with Crippen LogP contribution in [0.4, 0.5) is 11.5 Å². The van der Waals surface area contributed by atoms with Crippen molar-refractivity contribution in [2.75, 3.05) is 109 Å². The monoisotopic (exact) mass is 1200 g/mol. The minimum atomic E-state index is -0.535. The maximum atomic E-state index is 14.4. The van der Waals surface area contributed by atoms with Crippen molar-refractivity contribution < 1.29 is 38.1 Å². The number of carbonyl (C=O) groups excluding carboxylic acids is 3. The van der Waals surface area contributed by atoms with Crippen LogP contribution in [0, 0.1) is 17.2 Å². The predicted octanol–water partition coefficient (Wildman–Crippen LogP) is 8.50. The highest BCUT2D eigenvalue weighted by Gasteiger charge is 2.41. The lowest BCUT2D eigenvalue weighted by Crippen LogP contribution is -2.55. The van der Waals surface area contributed by atoms with Crippen LogP contribution in [0.1, 0.15) is 87.0 Å². The number of hydrogen-bond acceptors (Lipinski definition) is 17. The Morgan fingerprint density at radius 3 is 2.37 bits per heavy atom. The van der Waals surface area contributed by atoms with Gasteiger partial charge in [0.15, 0.2) is 0 Å². The summed E-state index contributed by atoms with van der Waals surface area (Å²) in [6.07, 6.45) is 10.0. The molecule has 2 N–H and O–H groups in total. The molecule has 1 aliphatic carbocycles. The first kappa shape index (κ1) is 61.4. The van der Waals surface area contributed by atoms with Crippen LogP contribution >= 0.6 is 11.3 Å². The molecule has 11 rings (SSSR count). The van der Waals surface area contributed by atoms with Crippen molar-refractivity contribution in [2.45, 2.75) is 114 Å². The zero-order valence-electron chi connectivity index (χ0n) is 50.6. The number of likely N-dealkylation sites (N-methyl/N-ethyl adjacent to an activating group) is 2. The van der Waals surface area contributed by atoms with E-state index in [-0.39, 0.29) is 60.3 Å². The Bertz CT molecular complexity index is 3400. The zero-order valence-corrected chi connectivity index (χ0v) is 51.4. The Kier molecular flexibility index (Phi) is 20.6. The number of nitrogens with zero attached hydrogens (tertiary/aromatic N) is 9. The number of nitriles is 1. The van der Waals surface area contributed by atoms with E-state index in [0.717, 1.165) is 120 Å². The van der Waals surface area contributed by atoms with Gasteiger partial charge in [0.1, 0.15) is 35.8 Å². The Morgan fingerprint density at radius 1 is 0.793 bits per heavy atom. The molecule has 0 bridgehead atoms. The number of ether oxygens (including phenoxy) is 5. The van der Waals surface area contributed by atoms with Gasteiger partial charge in [0.2, 0.25) is 17.7 Å². The third-order valence-corrected chi connectivity index (χ3v) is 19.2. The van der Waals surface area contributed by atoms with Gasteiger partial charge in [-0.25, -0.2) is 4.98 Å². The number of aromatic nitrogens is 3. The lowest BCUT2D eigenvalue weighted by molar-refractivity contribution is -0.139. The first-order chi connectivity index (χ1) is 42.6. The third-order valence-electron chi connectivity index (χ3n) is 18.2. The van der Waals surface area contributed by atoms with E-state index in [4.69, 9.17) is 38.6 Å². The summed E-state index contributed by atoms with van der Waals surface area (Å²) in [4.78, 5) is 66.3. The Balaban J connectivity index is 0.629. The van der Waals surface area contributed by atoms with Crippen molar-refractivity contribution >= 4 is 62.1 Å². The molecule has 0 radical (unpaired) electrons. The van der Waals surface area contributed by atoms with Gasteiger partial charge in [-0.2, -0.15) is 15.2 Å².